The van der Waals surface area contributed by atoms with Crippen LogP contribution in [-0.4, -0.2) is 25.2 Å². The fraction of sp³-hybridized carbons (Fsp3) is 0.909. The predicted octanol–water partition coefficient (Wildman–Crippen LogP) is 1.72. The van der Waals surface area contributed by atoms with Crippen LogP contribution in [0.4, 0.5) is 0 Å². The van der Waals surface area contributed by atoms with E-state index in [9.17, 15) is 0 Å². The molecule has 0 amide bonds. The predicted molar refractivity (Wildman–Crippen MR) is 78.0 cm³/mol. The Balaban J connectivity index is 0.00000225. The van der Waals surface area contributed by atoms with Crippen molar-refractivity contribution in [3.05, 3.63) is 0 Å². The van der Waals surface area contributed by atoms with Gasteiger partial charge in [-0.2, -0.15) is 0 Å². The lowest BCUT2D eigenvalue weighted by atomic mass is 9.78. The van der Waals surface area contributed by atoms with Crippen LogP contribution in [-0.2, 0) is 4.74 Å². The Morgan fingerprint density at radius 2 is 2.00 bits per heavy atom. The topological polar surface area (TPSA) is 73.6 Å². The van der Waals surface area contributed by atoms with Crippen LogP contribution in [0.15, 0.2) is 4.99 Å². The summed E-state index contributed by atoms with van der Waals surface area (Å²) in [6.45, 7) is 8.15. The minimum atomic E-state index is 0. The molecule has 0 spiro atoms. The van der Waals surface area contributed by atoms with Crippen molar-refractivity contribution in [1.29, 1.82) is 0 Å². The van der Waals surface area contributed by atoms with E-state index >= 15 is 0 Å². The van der Waals surface area contributed by atoms with Crippen molar-refractivity contribution in [2.75, 3.05) is 13.2 Å². The molecule has 0 aromatic carbocycles. The molecule has 1 aliphatic rings. The van der Waals surface area contributed by atoms with Crippen molar-refractivity contribution >= 4 is 29.9 Å². The van der Waals surface area contributed by atoms with E-state index in [4.69, 9.17) is 16.2 Å². The van der Waals surface area contributed by atoms with E-state index in [1.165, 1.54) is 0 Å². The number of hydrogen-bond acceptors (Lipinski definition) is 2. The summed E-state index contributed by atoms with van der Waals surface area (Å²) in [6.07, 6.45) is 2.52. The number of nitrogens with zero attached hydrogens (tertiary/aromatic N) is 1. The second-order valence-electron chi connectivity index (χ2n) is 5.33. The lowest BCUT2D eigenvalue weighted by Crippen LogP contribution is -2.41. The summed E-state index contributed by atoms with van der Waals surface area (Å²) in [4.78, 5) is 4.10. The first-order valence-electron chi connectivity index (χ1n) is 5.58. The Morgan fingerprint density at radius 3 is 2.50 bits per heavy atom. The van der Waals surface area contributed by atoms with Crippen molar-refractivity contribution in [3.63, 3.8) is 0 Å². The van der Waals surface area contributed by atoms with E-state index in [1.807, 2.05) is 0 Å². The van der Waals surface area contributed by atoms with E-state index in [2.05, 4.69) is 25.8 Å². The van der Waals surface area contributed by atoms with Gasteiger partial charge in [0.1, 0.15) is 0 Å². The third-order valence-corrected chi connectivity index (χ3v) is 2.81. The van der Waals surface area contributed by atoms with Crippen molar-refractivity contribution in [2.45, 2.75) is 39.7 Å². The maximum atomic E-state index is 5.84. The van der Waals surface area contributed by atoms with E-state index < -0.39 is 0 Å². The van der Waals surface area contributed by atoms with Gasteiger partial charge in [-0.15, -0.1) is 24.0 Å². The lowest BCUT2D eigenvalue weighted by Gasteiger charge is -2.39. The van der Waals surface area contributed by atoms with Gasteiger partial charge in [0.25, 0.3) is 0 Å². The molecule has 0 bridgehead atoms. The average molecular weight is 341 g/mol. The molecule has 1 rings (SSSR count). The van der Waals surface area contributed by atoms with Crippen LogP contribution in [0.3, 0.4) is 0 Å². The van der Waals surface area contributed by atoms with Crippen LogP contribution >= 0.6 is 24.0 Å². The van der Waals surface area contributed by atoms with Gasteiger partial charge in [0.2, 0.25) is 0 Å². The van der Waals surface area contributed by atoms with E-state index in [0.29, 0.717) is 12.5 Å². The van der Waals surface area contributed by atoms with Gasteiger partial charge in [-0.25, -0.2) is 0 Å². The fourth-order valence-electron chi connectivity index (χ4n) is 2.21. The summed E-state index contributed by atoms with van der Waals surface area (Å²) in [5, 5.41) is 0. The molecule has 0 aromatic heterocycles. The summed E-state index contributed by atoms with van der Waals surface area (Å²) < 4.78 is 5.84. The van der Waals surface area contributed by atoms with Gasteiger partial charge in [0.05, 0.1) is 6.10 Å². The average Bonchev–Trinajstić information content (AvgIpc) is 2.13. The van der Waals surface area contributed by atoms with Crippen molar-refractivity contribution in [3.8, 4) is 0 Å². The zero-order valence-electron chi connectivity index (χ0n) is 10.4. The SMILES string of the molecule is CC(C)(C)C1OCCCC1CN=C(N)N.I. The molecule has 0 aliphatic carbocycles. The monoisotopic (exact) mass is 341 g/mol. The summed E-state index contributed by atoms with van der Waals surface area (Å²) >= 11 is 0. The van der Waals surface area contributed by atoms with Crippen LogP contribution in [0.2, 0.25) is 0 Å². The lowest BCUT2D eigenvalue weighted by molar-refractivity contribution is -0.0823. The maximum absolute atomic E-state index is 5.84. The summed E-state index contributed by atoms with van der Waals surface area (Å²) in [5.41, 5.74) is 10.9. The Morgan fingerprint density at radius 1 is 1.38 bits per heavy atom. The molecule has 1 saturated heterocycles. The van der Waals surface area contributed by atoms with Crippen LogP contribution < -0.4 is 11.5 Å². The van der Waals surface area contributed by atoms with Crippen molar-refractivity contribution in [2.24, 2.45) is 27.8 Å². The Labute approximate surface area is 115 Å². The zero-order valence-corrected chi connectivity index (χ0v) is 12.7. The number of halogens is 1. The Bertz CT molecular complexity index is 234. The molecule has 16 heavy (non-hydrogen) atoms. The molecule has 1 heterocycles. The summed E-state index contributed by atoms with van der Waals surface area (Å²) in [6, 6.07) is 0. The molecule has 96 valence electrons. The second-order valence-corrected chi connectivity index (χ2v) is 5.33. The first kappa shape index (κ1) is 16.0. The minimum absolute atomic E-state index is 0. The van der Waals surface area contributed by atoms with Gasteiger partial charge in [-0.3, -0.25) is 4.99 Å². The molecule has 1 aliphatic heterocycles. The van der Waals surface area contributed by atoms with Crippen LogP contribution in [0.5, 0.6) is 0 Å². The number of guanidine groups is 1. The van der Waals surface area contributed by atoms with Crippen molar-refractivity contribution in [1.82, 2.24) is 0 Å². The summed E-state index contributed by atoms with van der Waals surface area (Å²) in [7, 11) is 0. The first-order valence-corrected chi connectivity index (χ1v) is 5.58. The van der Waals surface area contributed by atoms with Crippen LogP contribution in [0.1, 0.15) is 33.6 Å². The number of ether oxygens (including phenoxy) is 1. The van der Waals surface area contributed by atoms with Crippen LogP contribution in [0, 0.1) is 11.3 Å². The number of rotatable bonds is 2. The number of hydrogen-bond donors (Lipinski definition) is 2. The molecule has 1 fully saturated rings. The second kappa shape index (κ2) is 6.64. The van der Waals surface area contributed by atoms with Crippen LogP contribution in [0.25, 0.3) is 0 Å². The van der Waals surface area contributed by atoms with E-state index in [1.54, 1.807) is 0 Å². The standard InChI is InChI=1S/C11H23N3O.HI/c1-11(2,3)9-8(5-4-6-15-9)7-14-10(12)13;/h8-9H,4-7H2,1-3H3,(H4,12,13,14);1H. The highest BCUT2D eigenvalue weighted by molar-refractivity contribution is 14.0. The van der Waals surface area contributed by atoms with Crippen molar-refractivity contribution < 1.29 is 4.74 Å². The minimum Gasteiger partial charge on any atom is -0.377 e. The quantitative estimate of drug-likeness (QED) is 0.456. The maximum Gasteiger partial charge on any atom is 0.185 e. The first-order chi connectivity index (χ1) is 6.91. The van der Waals surface area contributed by atoms with Gasteiger partial charge >= 0.3 is 0 Å². The zero-order chi connectivity index (χ0) is 11.5. The summed E-state index contributed by atoms with van der Waals surface area (Å²) in [5.74, 6) is 0.620. The highest BCUT2D eigenvalue weighted by Crippen LogP contribution is 2.34. The molecule has 2 unspecified atom stereocenters. The Hall–Kier alpha value is -0.0400. The third kappa shape index (κ3) is 4.86. The van der Waals surface area contributed by atoms with Gasteiger partial charge < -0.3 is 16.2 Å². The molecule has 4 N–H and O–H groups in total. The molecular formula is C11H24IN3O. The third-order valence-electron chi connectivity index (χ3n) is 2.81. The molecule has 5 heteroatoms. The highest BCUT2D eigenvalue weighted by Gasteiger charge is 2.35. The normalized spacial score (nSPS) is 25.7. The van der Waals surface area contributed by atoms with Gasteiger partial charge in [-0.05, 0) is 18.3 Å². The molecule has 0 saturated carbocycles. The molecule has 2 atom stereocenters. The largest absolute Gasteiger partial charge is 0.377 e. The smallest absolute Gasteiger partial charge is 0.185 e. The molecular weight excluding hydrogens is 317 g/mol. The fourth-order valence-corrected chi connectivity index (χ4v) is 2.21. The highest BCUT2D eigenvalue weighted by atomic mass is 127. The molecule has 4 nitrogen and oxygen atoms in total. The van der Waals surface area contributed by atoms with Gasteiger partial charge in [0, 0.05) is 19.1 Å². The molecule has 0 aromatic rings. The van der Waals surface area contributed by atoms with E-state index in [0.717, 1.165) is 19.4 Å². The molecule has 0 radical (unpaired) electrons. The number of aliphatic imine (C=N–C) groups is 1. The Kier molecular flexibility index (Phi) is 6.62. The van der Waals surface area contributed by atoms with Gasteiger partial charge in [-0.1, -0.05) is 20.8 Å². The number of nitrogens with two attached hydrogens (primary N) is 2. The van der Waals surface area contributed by atoms with E-state index in [-0.39, 0.29) is 41.5 Å². The van der Waals surface area contributed by atoms with Gasteiger partial charge in [0.15, 0.2) is 5.96 Å².